The lowest BCUT2D eigenvalue weighted by Gasteiger charge is -1.61. The molecular weight excluding hydrogens is 209 g/mol. The Kier molecular flexibility index (Phi) is 5.58. The molecule has 0 aliphatic heterocycles. The van der Waals surface area contributed by atoms with Gasteiger partial charge in [-0.25, -0.2) is 0 Å². The second-order valence-electron chi connectivity index (χ2n) is 0.471. The number of thiocyanates is 1. The monoisotopic (exact) mass is 211 g/mol. The SMILES string of the molecule is N#CS/C=C\I. The summed E-state index contributed by atoms with van der Waals surface area (Å²) in [7, 11) is 0. The van der Waals surface area contributed by atoms with Gasteiger partial charge >= 0.3 is 0 Å². The lowest BCUT2D eigenvalue weighted by Crippen LogP contribution is -1.31. The fourth-order valence-corrected chi connectivity index (χ4v) is 0.609. The molecule has 0 aromatic heterocycles. The summed E-state index contributed by atoms with van der Waals surface area (Å²) in [6.07, 6.45) is 0. The quantitative estimate of drug-likeness (QED) is 0.489. The van der Waals surface area contributed by atoms with Crippen LogP contribution in [0.5, 0.6) is 0 Å². The summed E-state index contributed by atoms with van der Waals surface area (Å²) in [6, 6.07) is 0. The molecule has 0 heterocycles. The zero-order valence-corrected chi connectivity index (χ0v) is 5.86. The molecule has 0 aromatic rings. The van der Waals surface area contributed by atoms with Crippen LogP contribution in [-0.2, 0) is 0 Å². The highest BCUT2D eigenvalue weighted by atomic mass is 127. The number of nitriles is 1. The Balaban J connectivity index is 2.92. The second kappa shape index (κ2) is 5.31. The number of nitrogens with zero attached hydrogens (tertiary/aromatic N) is 1. The van der Waals surface area contributed by atoms with Crippen LogP contribution in [0.15, 0.2) is 9.49 Å². The third-order valence-electron chi connectivity index (χ3n) is 0.172. The molecular formula is C3H2INS. The first-order chi connectivity index (χ1) is 2.91. The van der Waals surface area contributed by atoms with E-state index in [1.807, 2.05) is 5.40 Å². The molecule has 0 N–H and O–H groups in total. The van der Waals surface area contributed by atoms with Gasteiger partial charge < -0.3 is 0 Å². The van der Waals surface area contributed by atoms with Crippen LogP contribution in [0.4, 0.5) is 0 Å². The van der Waals surface area contributed by atoms with Crippen molar-refractivity contribution in [2.75, 3.05) is 0 Å². The number of thioether (sulfide) groups is 1. The van der Waals surface area contributed by atoms with Crippen molar-refractivity contribution in [2.24, 2.45) is 0 Å². The summed E-state index contributed by atoms with van der Waals surface area (Å²) in [5.41, 5.74) is 0. The molecule has 0 aromatic carbocycles. The molecule has 0 radical (unpaired) electrons. The maximum absolute atomic E-state index is 7.86. The third-order valence-corrected chi connectivity index (χ3v) is 1.40. The molecule has 0 rings (SSSR count). The van der Waals surface area contributed by atoms with Gasteiger partial charge in [-0.15, -0.1) is 0 Å². The smallest absolute Gasteiger partial charge is 0.137 e. The zero-order chi connectivity index (χ0) is 4.83. The molecule has 0 fully saturated rings. The first-order valence-electron chi connectivity index (χ1n) is 1.21. The molecule has 3 heteroatoms. The van der Waals surface area contributed by atoms with E-state index < -0.39 is 0 Å². The predicted octanol–water partition coefficient (Wildman–Crippen LogP) is 2.11. The largest absolute Gasteiger partial charge is 0.185 e. The van der Waals surface area contributed by atoms with E-state index in [2.05, 4.69) is 22.6 Å². The summed E-state index contributed by atoms with van der Waals surface area (Å²) in [4.78, 5) is 0. The van der Waals surface area contributed by atoms with Crippen molar-refractivity contribution in [1.29, 1.82) is 5.26 Å². The van der Waals surface area contributed by atoms with E-state index in [4.69, 9.17) is 5.26 Å². The summed E-state index contributed by atoms with van der Waals surface area (Å²) < 4.78 is 1.80. The Morgan fingerprint density at radius 2 is 2.50 bits per heavy atom. The maximum Gasteiger partial charge on any atom is 0.137 e. The average molecular weight is 211 g/mol. The van der Waals surface area contributed by atoms with Crippen molar-refractivity contribution in [3.63, 3.8) is 0 Å². The zero-order valence-electron chi connectivity index (χ0n) is 2.89. The highest BCUT2D eigenvalue weighted by Gasteiger charge is 1.62. The minimum absolute atomic E-state index is 1.13. The highest BCUT2D eigenvalue weighted by Crippen LogP contribution is 1.98. The first kappa shape index (κ1) is 6.31. The number of halogens is 1. The molecule has 0 aliphatic carbocycles. The van der Waals surface area contributed by atoms with Crippen molar-refractivity contribution >= 4 is 34.4 Å². The second-order valence-corrected chi connectivity index (χ2v) is 1.88. The molecule has 6 heavy (non-hydrogen) atoms. The molecule has 0 spiro atoms. The molecule has 0 unspecified atom stereocenters. The van der Waals surface area contributed by atoms with Gasteiger partial charge in [0.25, 0.3) is 0 Å². The van der Waals surface area contributed by atoms with E-state index in [-0.39, 0.29) is 0 Å². The number of hydrogen-bond donors (Lipinski definition) is 0. The van der Waals surface area contributed by atoms with Gasteiger partial charge in [-0.1, -0.05) is 22.6 Å². The summed E-state index contributed by atoms with van der Waals surface area (Å²) in [6.45, 7) is 0. The predicted molar refractivity (Wildman–Crippen MR) is 36.4 cm³/mol. The molecule has 0 bridgehead atoms. The molecule has 0 saturated carbocycles. The molecule has 0 amide bonds. The van der Waals surface area contributed by atoms with Crippen LogP contribution in [-0.4, -0.2) is 0 Å². The van der Waals surface area contributed by atoms with E-state index in [1.54, 1.807) is 9.49 Å². The van der Waals surface area contributed by atoms with Crippen LogP contribution in [0.2, 0.25) is 0 Å². The summed E-state index contributed by atoms with van der Waals surface area (Å²) in [5.74, 6) is 0. The summed E-state index contributed by atoms with van der Waals surface area (Å²) >= 11 is 3.18. The van der Waals surface area contributed by atoms with Crippen LogP contribution in [0.3, 0.4) is 0 Å². The standard InChI is InChI=1S/C3H2INS/c4-1-2-6-3-5/h1-2H/b2-1-. The number of hydrogen-bond acceptors (Lipinski definition) is 2. The Morgan fingerprint density at radius 3 is 2.67 bits per heavy atom. The maximum atomic E-state index is 7.86. The fourth-order valence-electron chi connectivity index (χ4n) is 0.0561. The van der Waals surface area contributed by atoms with Crippen molar-refractivity contribution in [1.82, 2.24) is 0 Å². The van der Waals surface area contributed by atoms with Crippen molar-refractivity contribution in [2.45, 2.75) is 0 Å². The topological polar surface area (TPSA) is 23.8 Å². The molecule has 32 valence electrons. The van der Waals surface area contributed by atoms with Gasteiger partial charge in [-0.05, 0) is 21.3 Å². The fraction of sp³-hybridized carbons (Fsp3) is 0. The minimum Gasteiger partial charge on any atom is -0.185 e. The molecule has 0 atom stereocenters. The normalized spacial score (nSPS) is 8.67. The minimum atomic E-state index is 1.13. The van der Waals surface area contributed by atoms with Crippen LogP contribution in [0.25, 0.3) is 0 Å². The Bertz CT molecular complexity index is 83.3. The molecule has 0 aliphatic rings. The molecule has 0 saturated heterocycles. The van der Waals surface area contributed by atoms with Crippen LogP contribution in [0, 0.1) is 10.7 Å². The lowest BCUT2D eigenvalue weighted by atomic mass is 11.3. The van der Waals surface area contributed by atoms with Crippen molar-refractivity contribution < 1.29 is 0 Å². The Labute approximate surface area is 54.6 Å². The van der Waals surface area contributed by atoms with Crippen molar-refractivity contribution in [3.05, 3.63) is 9.49 Å². The van der Waals surface area contributed by atoms with Gasteiger partial charge in [0, 0.05) is 0 Å². The van der Waals surface area contributed by atoms with Crippen molar-refractivity contribution in [3.8, 4) is 5.40 Å². The van der Waals surface area contributed by atoms with E-state index in [1.165, 1.54) is 0 Å². The summed E-state index contributed by atoms with van der Waals surface area (Å²) in [5, 5.41) is 11.5. The first-order valence-corrected chi connectivity index (χ1v) is 3.34. The van der Waals surface area contributed by atoms with Crippen LogP contribution >= 0.6 is 34.4 Å². The van der Waals surface area contributed by atoms with Gasteiger partial charge in [-0.3, -0.25) is 0 Å². The molecule has 1 nitrogen and oxygen atoms in total. The highest BCUT2D eigenvalue weighted by molar-refractivity contribution is 14.1. The Hall–Kier alpha value is 0.310. The van der Waals surface area contributed by atoms with Gasteiger partial charge in [0.2, 0.25) is 0 Å². The third kappa shape index (κ3) is 4.31. The van der Waals surface area contributed by atoms with Crippen LogP contribution in [0.1, 0.15) is 0 Å². The van der Waals surface area contributed by atoms with E-state index in [0.717, 1.165) is 11.8 Å². The number of rotatable bonds is 1. The van der Waals surface area contributed by atoms with Crippen LogP contribution < -0.4 is 0 Å². The van der Waals surface area contributed by atoms with Gasteiger partial charge in [0.1, 0.15) is 5.40 Å². The van der Waals surface area contributed by atoms with Gasteiger partial charge in [-0.2, -0.15) is 5.26 Å². The van der Waals surface area contributed by atoms with E-state index in [9.17, 15) is 0 Å². The Morgan fingerprint density at radius 1 is 1.83 bits per heavy atom. The van der Waals surface area contributed by atoms with E-state index in [0.29, 0.717) is 0 Å². The average Bonchev–Trinajstić information content (AvgIpc) is 1.61. The lowest BCUT2D eigenvalue weighted by molar-refractivity contribution is 1.57. The van der Waals surface area contributed by atoms with Gasteiger partial charge in [0.05, 0.1) is 0 Å². The van der Waals surface area contributed by atoms with Gasteiger partial charge in [0.15, 0.2) is 0 Å². The van der Waals surface area contributed by atoms with E-state index >= 15 is 0 Å².